The summed E-state index contributed by atoms with van der Waals surface area (Å²) >= 11 is 1.28. The van der Waals surface area contributed by atoms with Crippen molar-refractivity contribution in [3.8, 4) is 5.69 Å². The van der Waals surface area contributed by atoms with Crippen molar-refractivity contribution < 1.29 is 9.59 Å². The van der Waals surface area contributed by atoms with Crippen LogP contribution in [0.2, 0.25) is 0 Å². The molecule has 4 rings (SSSR count). The van der Waals surface area contributed by atoms with Crippen LogP contribution in [0.25, 0.3) is 5.69 Å². The lowest BCUT2D eigenvalue weighted by atomic mass is 10.2. The lowest BCUT2D eigenvalue weighted by Gasteiger charge is -2.10. The summed E-state index contributed by atoms with van der Waals surface area (Å²) in [4.78, 5) is 24.4. The van der Waals surface area contributed by atoms with Gasteiger partial charge in [-0.15, -0.1) is 5.10 Å². The number of Topliss-reactive ketones (excluding diaryl/α,β-unsaturated/α-hetero) is 1. The van der Waals surface area contributed by atoms with Crippen LogP contribution in [0, 0.1) is 13.8 Å². The van der Waals surface area contributed by atoms with Gasteiger partial charge in [0.1, 0.15) is 0 Å². The fourth-order valence-corrected chi connectivity index (χ4v) is 4.42. The molecule has 1 N–H and O–H groups in total. The van der Waals surface area contributed by atoms with Crippen molar-refractivity contribution in [1.82, 2.24) is 24.8 Å². The monoisotopic (exact) mass is 460 g/mol. The Morgan fingerprint density at radius 3 is 2.58 bits per heavy atom. The summed E-state index contributed by atoms with van der Waals surface area (Å²) < 4.78 is 3.72. The number of carbonyl (C=O) groups excluding carboxylic acids is 2. The summed E-state index contributed by atoms with van der Waals surface area (Å²) in [5.41, 5.74) is 5.24. The quantitative estimate of drug-likeness (QED) is 0.315. The highest BCUT2D eigenvalue weighted by atomic mass is 32.2. The van der Waals surface area contributed by atoms with E-state index in [9.17, 15) is 9.59 Å². The van der Waals surface area contributed by atoms with E-state index >= 15 is 0 Å². The number of tetrazole rings is 1. The molecule has 8 nitrogen and oxygen atoms in total. The van der Waals surface area contributed by atoms with E-state index in [0.29, 0.717) is 22.1 Å². The second-order valence-electron chi connectivity index (χ2n) is 7.67. The first-order chi connectivity index (χ1) is 15.9. The van der Waals surface area contributed by atoms with Gasteiger partial charge in [0.15, 0.2) is 5.78 Å². The van der Waals surface area contributed by atoms with Gasteiger partial charge >= 0.3 is 0 Å². The average molecular weight is 461 g/mol. The van der Waals surface area contributed by atoms with E-state index in [-0.39, 0.29) is 17.4 Å². The van der Waals surface area contributed by atoms with Gasteiger partial charge in [0.25, 0.3) is 0 Å². The number of anilines is 1. The zero-order valence-corrected chi connectivity index (χ0v) is 19.5. The van der Waals surface area contributed by atoms with Crippen molar-refractivity contribution in [2.75, 3.05) is 11.1 Å². The van der Waals surface area contributed by atoms with E-state index < -0.39 is 0 Å². The minimum atomic E-state index is -0.158. The number of hydrogen-bond acceptors (Lipinski definition) is 6. The third kappa shape index (κ3) is 5.20. The van der Waals surface area contributed by atoms with Crippen LogP contribution in [0.15, 0.2) is 65.8 Å². The van der Waals surface area contributed by atoms with Gasteiger partial charge in [0.05, 0.1) is 11.4 Å². The molecular weight excluding hydrogens is 436 g/mol. The molecule has 4 aromatic rings. The summed E-state index contributed by atoms with van der Waals surface area (Å²) in [5, 5.41) is 15.1. The molecule has 0 atom stereocenters. The maximum atomic E-state index is 13.0. The van der Waals surface area contributed by atoms with Crippen molar-refractivity contribution in [1.29, 1.82) is 0 Å². The van der Waals surface area contributed by atoms with Crippen LogP contribution < -0.4 is 5.32 Å². The third-order valence-corrected chi connectivity index (χ3v) is 6.16. The van der Waals surface area contributed by atoms with Crippen molar-refractivity contribution in [2.45, 2.75) is 32.5 Å². The Kier molecular flexibility index (Phi) is 6.69. The van der Waals surface area contributed by atoms with Crippen LogP contribution in [-0.4, -0.2) is 42.2 Å². The van der Waals surface area contributed by atoms with Crippen LogP contribution in [0.5, 0.6) is 0 Å². The summed E-state index contributed by atoms with van der Waals surface area (Å²) in [6, 6.07) is 19.3. The number of benzene rings is 2. The van der Waals surface area contributed by atoms with Gasteiger partial charge in [-0.2, -0.15) is 4.68 Å². The number of ketones is 1. The highest BCUT2D eigenvalue weighted by molar-refractivity contribution is 7.99. The fourth-order valence-electron chi connectivity index (χ4n) is 3.65. The highest BCUT2D eigenvalue weighted by Gasteiger charge is 2.18. The Morgan fingerprint density at radius 1 is 1.03 bits per heavy atom. The number of aryl methyl sites for hydroxylation is 1. The minimum Gasteiger partial charge on any atom is -0.344 e. The number of hydrogen-bond donors (Lipinski definition) is 1. The van der Waals surface area contributed by atoms with Gasteiger partial charge in [-0.25, -0.2) is 0 Å². The number of thioether (sulfide) groups is 1. The fraction of sp³-hybridized carbons (Fsp3) is 0.208. The Morgan fingerprint density at radius 2 is 1.82 bits per heavy atom. The van der Waals surface area contributed by atoms with Crippen molar-refractivity contribution in [3.05, 3.63) is 83.2 Å². The Labute approximate surface area is 196 Å². The SMILES string of the molecule is CC(=O)Nc1cccc(-n2nnnc2SCC(=O)c2cc(C)n(Cc3ccccc3)c2C)c1. The highest BCUT2D eigenvalue weighted by Crippen LogP contribution is 2.24. The van der Waals surface area contributed by atoms with Gasteiger partial charge in [0.2, 0.25) is 11.1 Å². The summed E-state index contributed by atoms with van der Waals surface area (Å²) in [5.74, 6) is 0.0735. The molecule has 2 aromatic heterocycles. The smallest absolute Gasteiger partial charge is 0.221 e. The predicted molar refractivity (Wildman–Crippen MR) is 128 cm³/mol. The number of carbonyl (C=O) groups is 2. The molecule has 0 aliphatic carbocycles. The van der Waals surface area contributed by atoms with Crippen LogP contribution in [0.4, 0.5) is 5.69 Å². The van der Waals surface area contributed by atoms with E-state index in [4.69, 9.17) is 0 Å². The van der Waals surface area contributed by atoms with Crippen molar-refractivity contribution >= 4 is 29.1 Å². The molecular formula is C24H24N6O2S. The maximum Gasteiger partial charge on any atom is 0.221 e. The van der Waals surface area contributed by atoms with Crippen LogP contribution >= 0.6 is 11.8 Å². The molecule has 0 bridgehead atoms. The molecule has 0 aliphatic rings. The molecule has 0 unspecified atom stereocenters. The molecule has 0 saturated heterocycles. The maximum absolute atomic E-state index is 13.0. The first-order valence-electron chi connectivity index (χ1n) is 10.5. The Balaban J connectivity index is 1.48. The van der Waals surface area contributed by atoms with Crippen molar-refractivity contribution in [2.24, 2.45) is 0 Å². The molecule has 0 spiro atoms. The van der Waals surface area contributed by atoms with E-state index in [1.165, 1.54) is 24.2 Å². The lowest BCUT2D eigenvalue weighted by molar-refractivity contribution is -0.114. The molecule has 168 valence electrons. The van der Waals surface area contributed by atoms with Gasteiger partial charge in [-0.3, -0.25) is 9.59 Å². The predicted octanol–water partition coefficient (Wildman–Crippen LogP) is 4.06. The van der Waals surface area contributed by atoms with E-state index in [2.05, 4.69) is 37.5 Å². The summed E-state index contributed by atoms with van der Waals surface area (Å²) in [6.45, 7) is 6.17. The van der Waals surface area contributed by atoms with Gasteiger partial charge in [0, 0.05) is 36.1 Å². The second kappa shape index (κ2) is 9.83. The zero-order chi connectivity index (χ0) is 23.4. The van der Waals surface area contributed by atoms with Gasteiger partial charge in [-0.1, -0.05) is 48.2 Å². The molecule has 0 radical (unpaired) electrons. The van der Waals surface area contributed by atoms with Crippen LogP contribution in [0.3, 0.4) is 0 Å². The molecule has 33 heavy (non-hydrogen) atoms. The normalized spacial score (nSPS) is 10.9. The average Bonchev–Trinajstić information content (AvgIpc) is 3.38. The van der Waals surface area contributed by atoms with E-state index in [0.717, 1.165) is 17.9 Å². The number of aromatic nitrogens is 5. The number of rotatable bonds is 8. The Hall–Kier alpha value is -3.72. The number of amides is 1. The second-order valence-corrected chi connectivity index (χ2v) is 8.62. The molecule has 1 amide bonds. The lowest BCUT2D eigenvalue weighted by Crippen LogP contribution is -2.09. The molecule has 0 saturated carbocycles. The molecule has 0 aliphatic heterocycles. The number of nitrogens with one attached hydrogen (secondary N) is 1. The largest absolute Gasteiger partial charge is 0.344 e. The zero-order valence-electron chi connectivity index (χ0n) is 18.6. The standard InChI is InChI=1S/C24H24N6O2S/c1-16-12-22(17(2)29(16)14-19-8-5-4-6-9-19)23(32)15-33-24-26-27-28-30(24)21-11-7-10-20(13-21)25-18(3)31/h4-13H,14-15H2,1-3H3,(H,25,31). The summed E-state index contributed by atoms with van der Waals surface area (Å²) in [6.07, 6.45) is 0. The minimum absolute atomic E-state index is 0.0222. The van der Waals surface area contributed by atoms with Crippen LogP contribution in [0.1, 0.15) is 34.2 Å². The van der Waals surface area contributed by atoms with E-state index in [1.54, 1.807) is 16.8 Å². The Bertz CT molecular complexity index is 1300. The number of nitrogens with zero attached hydrogens (tertiary/aromatic N) is 5. The molecule has 2 aromatic carbocycles. The molecule has 2 heterocycles. The van der Waals surface area contributed by atoms with Crippen LogP contribution in [-0.2, 0) is 11.3 Å². The van der Waals surface area contributed by atoms with Crippen molar-refractivity contribution in [3.63, 3.8) is 0 Å². The molecule has 9 heteroatoms. The third-order valence-electron chi connectivity index (χ3n) is 5.24. The first kappa shape index (κ1) is 22.5. The van der Waals surface area contributed by atoms with E-state index in [1.807, 2.05) is 50.2 Å². The first-order valence-corrected chi connectivity index (χ1v) is 11.4. The van der Waals surface area contributed by atoms with Gasteiger partial charge < -0.3 is 9.88 Å². The van der Waals surface area contributed by atoms with Gasteiger partial charge in [-0.05, 0) is 54.1 Å². The summed E-state index contributed by atoms with van der Waals surface area (Å²) in [7, 11) is 0. The molecule has 0 fully saturated rings. The topological polar surface area (TPSA) is 94.7 Å².